The van der Waals surface area contributed by atoms with Crippen LogP contribution in [0.1, 0.15) is 25.7 Å². The molecular weight excluding hydrogens is 405 g/mol. The summed E-state index contributed by atoms with van der Waals surface area (Å²) in [4.78, 5) is 7.10. The molecule has 3 rings (SSSR count). The Labute approximate surface area is 185 Å². The van der Waals surface area contributed by atoms with E-state index in [0.717, 1.165) is 59.3 Å². The predicted molar refractivity (Wildman–Crippen MR) is 128 cm³/mol. The third kappa shape index (κ3) is 6.36. The van der Waals surface area contributed by atoms with Gasteiger partial charge >= 0.3 is 0 Å². The molecule has 0 fully saturated rings. The lowest BCUT2D eigenvalue weighted by Gasteiger charge is -2.15. The van der Waals surface area contributed by atoms with Crippen LogP contribution in [-0.2, 0) is 0 Å². The van der Waals surface area contributed by atoms with Crippen molar-refractivity contribution in [2.24, 2.45) is 0 Å². The van der Waals surface area contributed by atoms with E-state index in [0.29, 0.717) is 5.88 Å². The molecule has 0 spiro atoms. The van der Waals surface area contributed by atoms with Gasteiger partial charge in [-0.1, -0.05) is 31.0 Å². The molecule has 29 heavy (non-hydrogen) atoms. The monoisotopic (exact) mass is 435 g/mol. The molecule has 0 atom stereocenters. The smallest absolute Gasteiger partial charge is 0.119 e. The molecule has 2 aromatic carbocycles. The van der Waals surface area contributed by atoms with Gasteiger partial charge in [0.15, 0.2) is 0 Å². The Bertz CT molecular complexity index is 904. The molecule has 1 heterocycles. The summed E-state index contributed by atoms with van der Waals surface area (Å²) in [5.74, 6) is 1.56. The molecule has 0 aliphatic rings. The fraction of sp³-hybridized carbons (Fsp3) is 0.435. The van der Waals surface area contributed by atoms with Crippen LogP contribution in [0, 0.1) is 0 Å². The lowest BCUT2D eigenvalue weighted by atomic mass is 10.1. The third-order valence-electron chi connectivity index (χ3n) is 5.12. The van der Waals surface area contributed by atoms with Crippen LogP contribution in [-0.4, -0.2) is 49.6 Å². The van der Waals surface area contributed by atoms with Crippen LogP contribution in [0.2, 0.25) is 0 Å². The van der Waals surface area contributed by atoms with Crippen LogP contribution in [0.5, 0.6) is 5.75 Å². The Morgan fingerprint density at radius 3 is 2.52 bits per heavy atom. The largest absolute Gasteiger partial charge is 0.497 e. The maximum Gasteiger partial charge on any atom is 0.119 e. The molecular formula is C23H31Cl2N3O. The van der Waals surface area contributed by atoms with E-state index in [1.54, 1.807) is 7.11 Å². The van der Waals surface area contributed by atoms with Gasteiger partial charge in [-0.25, -0.2) is 4.98 Å². The van der Waals surface area contributed by atoms with E-state index in [4.69, 9.17) is 21.3 Å². The van der Waals surface area contributed by atoms with Crippen molar-refractivity contribution in [1.82, 2.24) is 9.88 Å². The number of ether oxygens (including phenoxy) is 1. The van der Waals surface area contributed by atoms with E-state index in [-0.39, 0.29) is 12.4 Å². The Hall–Kier alpha value is -1.75. The highest BCUT2D eigenvalue weighted by Gasteiger charge is 2.09. The second-order valence-corrected chi connectivity index (χ2v) is 7.60. The highest BCUT2D eigenvalue weighted by molar-refractivity contribution is 6.18. The number of rotatable bonds is 11. The van der Waals surface area contributed by atoms with Crippen molar-refractivity contribution in [2.75, 3.05) is 45.0 Å². The summed E-state index contributed by atoms with van der Waals surface area (Å²) in [5, 5.41) is 5.95. The summed E-state index contributed by atoms with van der Waals surface area (Å²) in [6, 6.07) is 14.4. The van der Waals surface area contributed by atoms with Crippen molar-refractivity contribution < 1.29 is 4.74 Å². The molecule has 0 bridgehead atoms. The normalized spacial score (nSPS) is 11.0. The number of nitrogens with zero attached hydrogens (tertiary/aromatic N) is 2. The molecule has 3 aromatic rings. The van der Waals surface area contributed by atoms with Crippen molar-refractivity contribution in [1.29, 1.82) is 0 Å². The quantitative estimate of drug-likeness (QED) is 0.229. The van der Waals surface area contributed by atoms with Crippen molar-refractivity contribution in [3.8, 4) is 5.75 Å². The van der Waals surface area contributed by atoms with Crippen molar-refractivity contribution in [3.05, 3.63) is 42.5 Å². The molecule has 0 saturated carbocycles. The maximum atomic E-state index is 5.78. The number of pyridine rings is 1. The zero-order valence-electron chi connectivity index (χ0n) is 17.3. The summed E-state index contributed by atoms with van der Waals surface area (Å²) in [5.41, 5.74) is 3.16. The number of unbranched alkanes of at least 4 members (excludes halogenated alkanes) is 3. The number of benzene rings is 2. The van der Waals surface area contributed by atoms with Crippen molar-refractivity contribution >= 4 is 51.5 Å². The molecule has 0 saturated heterocycles. The van der Waals surface area contributed by atoms with E-state index < -0.39 is 0 Å². The highest BCUT2D eigenvalue weighted by Crippen LogP contribution is 2.33. The first-order valence-corrected chi connectivity index (χ1v) is 10.6. The summed E-state index contributed by atoms with van der Waals surface area (Å²) in [6.45, 7) is 3.05. The first kappa shape index (κ1) is 23.5. The third-order valence-corrected chi connectivity index (χ3v) is 5.29. The lowest BCUT2D eigenvalue weighted by molar-refractivity contribution is 0.343. The Balaban J connectivity index is 0.00000300. The van der Waals surface area contributed by atoms with E-state index in [2.05, 4.69) is 41.5 Å². The SMILES string of the molecule is COc1ccc2nc3ccccc3c(NCCCCCCN(C)CCCl)c2c1.Cl. The number of halogens is 2. The first-order chi connectivity index (χ1) is 13.7. The maximum absolute atomic E-state index is 5.78. The van der Waals surface area contributed by atoms with Crippen LogP contribution in [0.3, 0.4) is 0 Å². The minimum absolute atomic E-state index is 0. The first-order valence-electron chi connectivity index (χ1n) is 10.1. The van der Waals surface area contributed by atoms with Crippen LogP contribution < -0.4 is 10.1 Å². The number of para-hydroxylation sites is 1. The highest BCUT2D eigenvalue weighted by atomic mass is 35.5. The van der Waals surface area contributed by atoms with Gasteiger partial charge in [0.1, 0.15) is 5.75 Å². The molecule has 0 amide bonds. The number of aromatic nitrogens is 1. The number of hydrogen-bond acceptors (Lipinski definition) is 4. The lowest BCUT2D eigenvalue weighted by Crippen LogP contribution is -2.21. The number of anilines is 1. The Morgan fingerprint density at radius 1 is 0.966 bits per heavy atom. The average Bonchev–Trinajstić information content (AvgIpc) is 2.72. The second-order valence-electron chi connectivity index (χ2n) is 7.22. The molecule has 1 aromatic heterocycles. The zero-order valence-corrected chi connectivity index (χ0v) is 18.9. The summed E-state index contributed by atoms with van der Waals surface area (Å²) in [7, 11) is 3.84. The number of fused-ring (bicyclic) bond motifs is 2. The van der Waals surface area contributed by atoms with Gasteiger partial charge in [-0.2, -0.15) is 0 Å². The number of nitrogens with one attached hydrogen (secondary N) is 1. The van der Waals surface area contributed by atoms with Gasteiger partial charge in [-0.05, 0) is 50.7 Å². The van der Waals surface area contributed by atoms with Crippen LogP contribution >= 0.6 is 24.0 Å². The zero-order chi connectivity index (χ0) is 19.8. The van der Waals surface area contributed by atoms with Crippen LogP contribution in [0.15, 0.2) is 42.5 Å². The Kier molecular flexibility index (Phi) is 9.79. The van der Waals surface area contributed by atoms with E-state index >= 15 is 0 Å². The Morgan fingerprint density at radius 2 is 1.72 bits per heavy atom. The van der Waals surface area contributed by atoms with Gasteiger partial charge in [0.2, 0.25) is 0 Å². The molecule has 6 heteroatoms. The summed E-state index contributed by atoms with van der Waals surface area (Å²) in [6.07, 6.45) is 4.86. The molecule has 158 valence electrons. The van der Waals surface area contributed by atoms with Gasteiger partial charge < -0.3 is 15.0 Å². The van der Waals surface area contributed by atoms with E-state index in [1.165, 1.54) is 19.3 Å². The number of methoxy groups -OCH3 is 1. The van der Waals surface area contributed by atoms with Gasteiger partial charge in [0, 0.05) is 29.7 Å². The van der Waals surface area contributed by atoms with Gasteiger partial charge in [0.05, 0.1) is 23.8 Å². The average molecular weight is 436 g/mol. The fourth-order valence-corrected chi connectivity index (χ4v) is 3.81. The second kappa shape index (κ2) is 12.1. The number of alkyl halides is 1. The van der Waals surface area contributed by atoms with E-state index in [9.17, 15) is 0 Å². The summed E-state index contributed by atoms with van der Waals surface area (Å²) >= 11 is 5.78. The van der Waals surface area contributed by atoms with Crippen molar-refractivity contribution in [2.45, 2.75) is 25.7 Å². The van der Waals surface area contributed by atoms with Crippen LogP contribution in [0.25, 0.3) is 21.8 Å². The molecule has 0 radical (unpaired) electrons. The molecule has 0 aliphatic carbocycles. The minimum Gasteiger partial charge on any atom is -0.497 e. The summed E-state index contributed by atoms with van der Waals surface area (Å²) < 4.78 is 5.43. The van der Waals surface area contributed by atoms with Crippen LogP contribution in [0.4, 0.5) is 5.69 Å². The van der Waals surface area contributed by atoms with Gasteiger partial charge in [-0.15, -0.1) is 24.0 Å². The molecule has 0 unspecified atom stereocenters. The molecule has 1 N–H and O–H groups in total. The van der Waals surface area contributed by atoms with Gasteiger partial charge in [0.25, 0.3) is 0 Å². The standard InChI is InChI=1S/C23H30ClN3O.ClH/c1-27(16-13-24)15-8-4-3-7-14-25-23-19-9-5-6-10-21(19)26-22-12-11-18(28-2)17-20(22)23;/h5-6,9-12,17H,3-4,7-8,13-16H2,1-2H3,(H,25,26);1H. The fourth-order valence-electron chi connectivity index (χ4n) is 3.52. The molecule has 4 nitrogen and oxygen atoms in total. The van der Waals surface area contributed by atoms with E-state index in [1.807, 2.05) is 18.2 Å². The predicted octanol–water partition coefficient (Wildman–Crippen LogP) is 5.96. The van der Waals surface area contributed by atoms with Gasteiger partial charge in [-0.3, -0.25) is 0 Å². The molecule has 0 aliphatic heterocycles. The number of hydrogen-bond donors (Lipinski definition) is 1. The van der Waals surface area contributed by atoms with Crippen molar-refractivity contribution in [3.63, 3.8) is 0 Å². The minimum atomic E-state index is 0. The topological polar surface area (TPSA) is 37.4 Å².